The van der Waals surface area contributed by atoms with Crippen molar-refractivity contribution in [1.82, 2.24) is 15.2 Å². The van der Waals surface area contributed by atoms with Crippen LogP contribution in [0.1, 0.15) is 25.0 Å². The fourth-order valence-electron chi connectivity index (χ4n) is 2.20. The predicted molar refractivity (Wildman–Crippen MR) is 73.9 cm³/mol. The van der Waals surface area contributed by atoms with Crippen molar-refractivity contribution in [3.8, 4) is 0 Å². The molecule has 0 amide bonds. The summed E-state index contributed by atoms with van der Waals surface area (Å²) in [7, 11) is 0. The molecule has 0 unspecified atom stereocenters. The van der Waals surface area contributed by atoms with Gasteiger partial charge >= 0.3 is 0 Å². The Bertz CT molecular complexity index is 337. The largest absolute Gasteiger partial charge is 0.311 e. The molecule has 0 radical (unpaired) electrons. The Morgan fingerprint density at radius 1 is 1.29 bits per heavy atom. The summed E-state index contributed by atoms with van der Waals surface area (Å²) < 4.78 is 0.911. The zero-order chi connectivity index (χ0) is 11.9. The standard InChI is InChI=1S/C13H20BrN3/c14-13-6-3-5-12(16-13)11-15-7-4-10-17-8-1-2-9-17/h3,5-6,15H,1-2,4,7-11H2. The maximum Gasteiger partial charge on any atom is 0.106 e. The van der Waals surface area contributed by atoms with Gasteiger partial charge in [0.25, 0.3) is 0 Å². The van der Waals surface area contributed by atoms with Gasteiger partial charge in [-0.1, -0.05) is 6.07 Å². The summed E-state index contributed by atoms with van der Waals surface area (Å²) in [5, 5.41) is 3.44. The molecule has 1 aromatic rings. The molecule has 1 aliphatic heterocycles. The van der Waals surface area contributed by atoms with Gasteiger partial charge in [0, 0.05) is 6.54 Å². The first-order valence-electron chi connectivity index (χ1n) is 6.39. The minimum absolute atomic E-state index is 0.861. The fourth-order valence-corrected chi connectivity index (χ4v) is 2.58. The molecule has 0 aliphatic carbocycles. The van der Waals surface area contributed by atoms with E-state index in [4.69, 9.17) is 0 Å². The van der Waals surface area contributed by atoms with Gasteiger partial charge in [-0.15, -0.1) is 0 Å². The first kappa shape index (κ1) is 13.0. The summed E-state index contributed by atoms with van der Waals surface area (Å²) in [5.41, 5.74) is 1.10. The van der Waals surface area contributed by atoms with Crippen LogP contribution in [-0.4, -0.2) is 36.1 Å². The van der Waals surface area contributed by atoms with Gasteiger partial charge in [0.1, 0.15) is 4.60 Å². The first-order chi connectivity index (χ1) is 8.34. The van der Waals surface area contributed by atoms with Crippen molar-refractivity contribution in [1.29, 1.82) is 0 Å². The second-order valence-electron chi connectivity index (χ2n) is 4.53. The quantitative estimate of drug-likeness (QED) is 0.646. The molecule has 0 aromatic carbocycles. The SMILES string of the molecule is Brc1cccc(CNCCCN2CCCC2)n1. The van der Waals surface area contributed by atoms with Gasteiger partial charge in [0.15, 0.2) is 0 Å². The minimum Gasteiger partial charge on any atom is -0.311 e. The van der Waals surface area contributed by atoms with Gasteiger partial charge in [0.05, 0.1) is 5.69 Å². The monoisotopic (exact) mass is 297 g/mol. The Hall–Kier alpha value is -0.450. The van der Waals surface area contributed by atoms with Crippen molar-refractivity contribution in [2.24, 2.45) is 0 Å². The third kappa shape index (κ3) is 4.74. The van der Waals surface area contributed by atoms with E-state index in [2.05, 4.69) is 37.2 Å². The van der Waals surface area contributed by atoms with Crippen LogP contribution in [0.4, 0.5) is 0 Å². The average Bonchev–Trinajstić information content (AvgIpc) is 2.82. The van der Waals surface area contributed by atoms with Crippen LogP contribution in [0, 0.1) is 0 Å². The zero-order valence-electron chi connectivity index (χ0n) is 10.2. The Morgan fingerprint density at radius 2 is 2.12 bits per heavy atom. The number of likely N-dealkylation sites (tertiary alicyclic amines) is 1. The first-order valence-corrected chi connectivity index (χ1v) is 7.18. The molecule has 1 aromatic heterocycles. The molecule has 1 saturated heterocycles. The summed E-state index contributed by atoms with van der Waals surface area (Å²) in [6.45, 7) is 5.77. The second-order valence-corrected chi connectivity index (χ2v) is 5.34. The number of pyridine rings is 1. The van der Waals surface area contributed by atoms with Crippen LogP contribution in [0.3, 0.4) is 0 Å². The molecule has 4 heteroatoms. The molecule has 17 heavy (non-hydrogen) atoms. The second kappa shape index (κ2) is 7.09. The number of hydrogen-bond donors (Lipinski definition) is 1. The van der Waals surface area contributed by atoms with Crippen molar-refractivity contribution in [3.05, 3.63) is 28.5 Å². The van der Waals surface area contributed by atoms with E-state index in [0.717, 1.165) is 23.4 Å². The molecule has 3 nitrogen and oxygen atoms in total. The highest BCUT2D eigenvalue weighted by atomic mass is 79.9. The highest BCUT2D eigenvalue weighted by Gasteiger charge is 2.09. The topological polar surface area (TPSA) is 28.2 Å². The summed E-state index contributed by atoms with van der Waals surface area (Å²) in [6.07, 6.45) is 4.00. The van der Waals surface area contributed by atoms with Crippen molar-refractivity contribution in [2.75, 3.05) is 26.2 Å². The summed E-state index contributed by atoms with van der Waals surface area (Å²) >= 11 is 3.38. The highest BCUT2D eigenvalue weighted by Crippen LogP contribution is 2.07. The van der Waals surface area contributed by atoms with Crippen LogP contribution in [0.15, 0.2) is 22.8 Å². The number of nitrogens with one attached hydrogen (secondary N) is 1. The number of rotatable bonds is 6. The van der Waals surface area contributed by atoms with E-state index in [1.54, 1.807) is 0 Å². The molecular weight excluding hydrogens is 278 g/mol. The van der Waals surface area contributed by atoms with Crippen molar-refractivity contribution in [2.45, 2.75) is 25.8 Å². The van der Waals surface area contributed by atoms with Crippen molar-refractivity contribution in [3.63, 3.8) is 0 Å². The van der Waals surface area contributed by atoms with Gasteiger partial charge in [-0.05, 0) is 73.5 Å². The molecule has 0 spiro atoms. The molecule has 1 fully saturated rings. The zero-order valence-corrected chi connectivity index (χ0v) is 11.7. The van der Waals surface area contributed by atoms with Crippen LogP contribution >= 0.6 is 15.9 Å². The minimum atomic E-state index is 0.861. The van der Waals surface area contributed by atoms with Crippen molar-refractivity contribution >= 4 is 15.9 Å². The molecule has 1 N–H and O–H groups in total. The Balaban J connectivity index is 1.56. The molecule has 0 atom stereocenters. The fraction of sp³-hybridized carbons (Fsp3) is 0.615. The third-order valence-electron chi connectivity index (χ3n) is 3.11. The van der Waals surface area contributed by atoms with Gasteiger partial charge in [0.2, 0.25) is 0 Å². The van der Waals surface area contributed by atoms with Gasteiger partial charge < -0.3 is 10.2 Å². The van der Waals surface area contributed by atoms with E-state index in [9.17, 15) is 0 Å². The van der Waals surface area contributed by atoms with E-state index < -0.39 is 0 Å². The van der Waals surface area contributed by atoms with Crippen LogP contribution in [0.2, 0.25) is 0 Å². The third-order valence-corrected chi connectivity index (χ3v) is 3.55. The number of hydrogen-bond acceptors (Lipinski definition) is 3. The summed E-state index contributed by atoms with van der Waals surface area (Å²) in [6, 6.07) is 6.04. The van der Waals surface area contributed by atoms with E-state index >= 15 is 0 Å². The molecule has 2 heterocycles. The Morgan fingerprint density at radius 3 is 2.88 bits per heavy atom. The van der Waals surface area contributed by atoms with E-state index in [0.29, 0.717) is 0 Å². The maximum atomic E-state index is 4.39. The van der Waals surface area contributed by atoms with Gasteiger partial charge in [-0.25, -0.2) is 4.98 Å². The average molecular weight is 298 g/mol. The molecular formula is C13H20BrN3. The Labute approximate surface area is 112 Å². The van der Waals surface area contributed by atoms with Gasteiger partial charge in [-0.2, -0.15) is 0 Å². The van der Waals surface area contributed by atoms with E-state index in [1.165, 1.54) is 38.9 Å². The van der Waals surface area contributed by atoms with Crippen molar-refractivity contribution < 1.29 is 0 Å². The highest BCUT2D eigenvalue weighted by molar-refractivity contribution is 9.10. The van der Waals surface area contributed by atoms with Crippen LogP contribution in [0.25, 0.3) is 0 Å². The summed E-state index contributed by atoms with van der Waals surface area (Å²) in [4.78, 5) is 6.95. The van der Waals surface area contributed by atoms with E-state index in [1.807, 2.05) is 12.1 Å². The lowest BCUT2D eigenvalue weighted by atomic mass is 10.3. The van der Waals surface area contributed by atoms with E-state index in [-0.39, 0.29) is 0 Å². The van der Waals surface area contributed by atoms with Crippen LogP contribution < -0.4 is 5.32 Å². The summed E-state index contributed by atoms with van der Waals surface area (Å²) in [5.74, 6) is 0. The van der Waals surface area contributed by atoms with Crippen LogP contribution in [-0.2, 0) is 6.54 Å². The molecule has 94 valence electrons. The number of aromatic nitrogens is 1. The normalized spacial score (nSPS) is 16.5. The lowest BCUT2D eigenvalue weighted by Gasteiger charge is -2.14. The van der Waals surface area contributed by atoms with Crippen LogP contribution in [0.5, 0.6) is 0 Å². The molecule has 0 saturated carbocycles. The molecule has 2 rings (SSSR count). The van der Waals surface area contributed by atoms with Gasteiger partial charge in [-0.3, -0.25) is 0 Å². The lowest BCUT2D eigenvalue weighted by Crippen LogP contribution is -2.24. The lowest BCUT2D eigenvalue weighted by molar-refractivity contribution is 0.331. The number of nitrogens with zero attached hydrogens (tertiary/aromatic N) is 2. The molecule has 0 bridgehead atoms. The Kier molecular flexibility index (Phi) is 5.42. The number of halogens is 1. The maximum absolute atomic E-state index is 4.39. The molecule has 1 aliphatic rings. The predicted octanol–water partition coefficient (Wildman–Crippen LogP) is 2.42. The smallest absolute Gasteiger partial charge is 0.106 e.